The van der Waals surface area contributed by atoms with Crippen LogP contribution in [0, 0.1) is 0 Å². The zero-order valence-corrected chi connectivity index (χ0v) is 12.0. The Morgan fingerprint density at radius 3 is 2.59 bits per heavy atom. The molecular formula is C17H15N5. The minimum Gasteiger partial charge on any atom is -0.366 e. The zero-order chi connectivity index (χ0) is 15.2. The lowest BCUT2D eigenvalue weighted by Gasteiger charge is -2.09. The van der Waals surface area contributed by atoms with Crippen LogP contribution in [0.25, 0.3) is 22.8 Å². The van der Waals surface area contributed by atoms with Crippen molar-refractivity contribution in [3.63, 3.8) is 0 Å². The van der Waals surface area contributed by atoms with Crippen molar-refractivity contribution in [3.05, 3.63) is 67.6 Å². The molecule has 0 unspecified atom stereocenters. The lowest BCUT2D eigenvalue weighted by atomic mass is 10.2. The van der Waals surface area contributed by atoms with E-state index in [-0.39, 0.29) is 0 Å². The van der Waals surface area contributed by atoms with E-state index in [1.807, 2.05) is 36.4 Å². The van der Waals surface area contributed by atoms with Gasteiger partial charge in [-0.2, -0.15) is 0 Å². The number of nitrogens with one attached hydrogen (secondary N) is 1. The van der Waals surface area contributed by atoms with E-state index in [2.05, 4.69) is 31.8 Å². The Hall–Kier alpha value is -3.08. The molecule has 108 valence electrons. The van der Waals surface area contributed by atoms with Crippen LogP contribution in [0.15, 0.2) is 67.6 Å². The molecule has 5 nitrogen and oxygen atoms in total. The molecule has 3 aromatic rings. The molecule has 3 rings (SSSR count). The number of anilines is 1. The first-order valence-electron chi connectivity index (χ1n) is 6.92. The van der Waals surface area contributed by atoms with Crippen molar-refractivity contribution in [2.45, 2.75) is 0 Å². The molecule has 3 aromatic heterocycles. The first-order valence-corrected chi connectivity index (χ1v) is 6.92. The van der Waals surface area contributed by atoms with E-state index in [0.717, 1.165) is 22.8 Å². The number of aromatic nitrogens is 4. The molecule has 0 atom stereocenters. The van der Waals surface area contributed by atoms with E-state index >= 15 is 0 Å². The summed E-state index contributed by atoms with van der Waals surface area (Å²) in [5, 5.41) is 3.20. The van der Waals surface area contributed by atoms with Gasteiger partial charge < -0.3 is 5.32 Å². The summed E-state index contributed by atoms with van der Waals surface area (Å²) < 4.78 is 0. The molecule has 0 aromatic carbocycles. The molecule has 0 fully saturated rings. The predicted octanol–water partition coefficient (Wildman–Crippen LogP) is 3.20. The maximum absolute atomic E-state index is 4.61. The van der Waals surface area contributed by atoms with E-state index in [9.17, 15) is 0 Å². The van der Waals surface area contributed by atoms with Crippen LogP contribution in [-0.4, -0.2) is 26.5 Å². The topological polar surface area (TPSA) is 63.6 Å². The quantitative estimate of drug-likeness (QED) is 0.731. The van der Waals surface area contributed by atoms with Crippen molar-refractivity contribution in [1.82, 2.24) is 19.9 Å². The number of rotatable bonds is 5. The van der Waals surface area contributed by atoms with E-state index in [1.54, 1.807) is 24.7 Å². The van der Waals surface area contributed by atoms with Gasteiger partial charge in [0, 0.05) is 36.8 Å². The van der Waals surface area contributed by atoms with Gasteiger partial charge in [-0.05, 0) is 24.3 Å². The summed E-state index contributed by atoms with van der Waals surface area (Å²) in [7, 11) is 0. The lowest BCUT2D eigenvalue weighted by molar-refractivity contribution is 1.12. The van der Waals surface area contributed by atoms with Crippen molar-refractivity contribution >= 4 is 5.82 Å². The molecule has 5 heteroatoms. The van der Waals surface area contributed by atoms with Crippen LogP contribution in [0.2, 0.25) is 0 Å². The molecule has 3 heterocycles. The van der Waals surface area contributed by atoms with Crippen LogP contribution < -0.4 is 5.32 Å². The van der Waals surface area contributed by atoms with Crippen LogP contribution in [0.5, 0.6) is 0 Å². The van der Waals surface area contributed by atoms with Gasteiger partial charge in [-0.1, -0.05) is 12.1 Å². The Morgan fingerprint density at radius 2 is 1.86 bits per heavy atom. The number of hydrogen-bond donors (Lipinski definition) is 1. The lowest BCUT2D eigenvalue weighted by Crippen LogP contribution is -2.03. The molecule has 0 amide bonds. The van der Waals surface area contributed by atoms with Gasteiger partial charge in [0.05, 0.1) is 5.69 Å². The average Bonchev–Trinajstić information content (AvgIpc) is 2.61. The summed E-state index contributed by atoms with van der Waals surface area (Å²) in [5.74, 6) is 1.32. The maximum atomic E-state index is 4.61. The van der Waals surface area contributed by atoms with Crippen molar-refractivity contribution in [3.8, 4) is 22.8 Å². The van der Waals surface area contributed by atoms with Crippen molar-refractivity contribution in [1.29, 1.82) is 0 Å². The fourth-order valence-corrected chi connectivity index (χ4v) is 1.99. The highest BCUT2D eigenvalue weighted by Gasteiger charge is 2.09. The third-order valence-corrected chi connectivity index (χ3v) is 3.02. The van der Waals surface area contributed by atoms with E-state index in [0.29, 0.717) is 12.4 Å². The summed E-state index contributed by atoms with van der Waals surface area (Å²) in [6.07, 6.45) is 7.01. The van der Waals surface area contributed by atoms with Gasteiger partial charge in [-0.3, -0.25) is 9.97 Å². The Morgan fingerprint density at radius 1 is 1.00 bits per heavy atom. The van der Waals surface area contributed by atoms with E-state index in [4.69, 9.17) is 0 Å². The Labute approximate surface area is 128 Å². The SMILES string of the molecule is C=CCNc1cc(-c2ccncc2)nc(-c2ccccn2)n1. The Kier molecular flexibility index (Phi) is 4.15. The third kappa shape index (κ3) is 3.15. The maximum Gasteiger partial charge on any atom is 0.180 e. The molecule has 0 aliphatic rings. The highest BCUT2D eigenvalue weighted by atomic mass is 15.0. The third-order valence-electron chi connectivity index (χ3n) is 3.02. The summed E-state index contributed by atoms with van der Waals surface area (Å²) in [6.45, 7) is 4.34. The molecule has 0 aliphatic carbocycles. The standard InChI is InChI=1S/C17H15N5/c1-2-8-20-16-12-15(13-6-10-18-11-7-13)21-17(22-16)14-5-3-4-9-19-14/h2-7,9-12H,1,8H2,(H,20,21,22). The predicted molar refractivity (Wildman–Crippen MR) is 87.2 cm³/mol. The number of pyridine rings is 2. The largest absolute Gasteiger partial charge is 0.366 e. The van der Waals surface area contributed by atoms with E-state index in [1.165, 1.54) is 0 Å². The van der Waals surface area contributed by atoms with Gasteiger partial charge in [0.1, 0.15) is 11.5 Å². The second kappa shape index (κ2) is 6.58. The molecule has 22 heavy (non-hydrogen) atoms. The zero-order valence-electron chi connectivity index (χ0n) is 12.0. The summed E-state index contributed by atoms with van der Waals surface area (Å²) in [4.78, 5) is 17.5. The Balaban J connectivity index is 2.08. The van der Waals surface area contributed by atoms with Gasteiger partial charge in [-0.25, -0.2) is 9.97 Å². The van der Waals surface area contributed by atoms with Gasteiger partial charge in [0.25, 0.3) is 0 Å². The molecule has 0 saturated heterocycles. The first kappa shape index (κ1) is 13.9. The summed E-state index contributed by atoms with van der Waals surface area (Å²) >= 11 is 0. The van der Waals surface area contributed by atoms with Crippen LogP contribution in [0.1, 0.15) is 0 Å². The normalized spacial score (nSPS) is 10.2. The molecule has 0 radical (unpaired) electrons. The monoisotopic (exact) mass is 289 g/mol. The minimum atomic E-state index is 0.585. The van der Waals surface area contributed by atoms with Crippen LogP contribution in [0.4, 0.5) is 5.82 Å². The van der Waals surface area contributed by atoms with Crippen LogP contribution in [0.3, 0.4) is 0 Å². The van der Waals surface area contributed by atoms with E-state index < -0.39 is 0 Å². The minimum absolute atomic E-state index is 0.585. The van der Waals surface area contributed by atoms with Crippen LogP contribution >= 0.6 is 0 Å². The van der Waals surface area contributed by atoms with Crippen molar-refractivity contribution < 1.29 is 0 Å². The molecular weight excluding hydrogens is 274 g/mol. The highest BCUT2D eigenvalue weighted by Crippen LogP contribution is 2.22. The van der Waals surface area contributed by atoms with Crippen LogP contribution in [-0.2, 0) is 0 Å². The van der Waals surface area contributed by atoms with Crippen molar-refractivity contribution in [2.75, 3.05) is 11.9 Å². The Bertz CT molecular complexity index is 699. The van der Waals surface area contributed by atoms with Gasteiger partial charge >= 0.3 is 0 Å². The summed E-state index contributed by atoms with van der Waals surface area (Å²) in [5.41, 5.74) is 2.54. The molecule has 1 N–H and O–H groups in total. The second-order valence-electron chi connectivity index (χ2n) is 4.58. The number of hydrogen-bond acceptors (Lipinski definition) is 5. The molecule has 0 aliphatic heterocycles. The highest BCUT2D eigenvalue weighted by molar-refractivity contribution is 5.65. The second-order valence-corrected chi connectivity index (χ2v) is 4.58. The van der Waals surface area contributed by atoms with Gasteiger partial charge in [0.2, 0.25) is 0 Å². The van der Waals surface area contributed by atoms with Crippen molar-refractivity contribution in [2.24, 2.45) is 0 Å². The van der Waals surface area contributed by atoms with Gasteiger partial charge in [-0.15, -0.1) is 6.58 Å². The number of nitrogens with zero attached hydrogens (tertiary/aromatic N) is 4. The van der Waals surface area contributed by atoms with Gasteiger partial charge in [0.15, 0.2) is 5.82 Å². The molecule has 0 saturated carbocycles. The average molecular weight is 289 g/mol. The molecule has 0 bridgehead atoms. The summed E-state index contributed by atoms with van der Waals surface area (Å²) in [6, 6.07) is 11.4. The fraction of sp³-hybridized carbons (Fsp3) is 0.0588. The first-order chi connectivity index (χ1) is 10.9. The smallest absolute Gasteiger partial charge is 0.180 e. The molecule has 0 spiro atoms. The fourth-order valence-electron chi connectivity index (χ4n) is 1.99.